The van der Waals surface area contributed by atoms with E-state index in [-0.39, 0.29) is 11.8 Å². The summed E-state index contributed by atoms with van der Waals surface area (Å²) < 4.78 is 8.80. The van der Waals surface area contributed by atoms with Crippen LogP contribution in [0.2, 0.25) is 0 Å². The Bertz CT molecular complexity index is 3070. The molecule has 0 saturated carbocycles. The summed E-state index contributed by atoms with van der Waals surface area (Å²) in [6.45, 7) is 13.9. The molecule has 315 valence electrons. The van der Waals surface area contributed by atoms with E-state index >= 15 is 0 Å². The fourth-order valence-electron chi connectivity index (χ4n) is 5.87. The lowest BCUT2D eigenvalue weighted by Crippen LogP contribution is -2.27. The summed E-state index contributed by atoms with van der Waals surface area (Å²) in [6.07, 6.45) is 9.71. The van der Waals surface area contributed by atoms with Crippen molar-refractivity contribution in [3.8, 4) is 16.9 Å². The van der Waals surface area contributed by atoms with Crippen molar-refractivity contribution in [2.24, 2.45) is 11.5 Å². The zero-order valence-corrected chi connectivity index (χ0v) is 35.4. The Morgan fingerprint density at radius 2 is 1.12 bits per heavy atom. The Kier molecular flexibility index (Phi) is 14.2. The minimum Gasteiger partial charge on any atom is -0.537 e. The van der Waals surface area contributed by atoms with E-state index in [9.17, 15) is 19.2 Å². The zero-order chi connectivity index (χ0) is 45.9. The monoisotopic (exact) mass is 915 g/mol. The maximum absolute atomic E-state index is 13.0. The average Bonchev–Trinajstić information content (AvgIpc) is 3.93. The maximum Gasteiger partial charge on any atom is 0.569 e. The number of nitrogens with two attached hydrogens (primary N) is 2. The van der Waals surface area contributed by atoms with Crippen molar-refractivity contribution in [2.45, 2.75) is 0 Å². The average molecular weight is 917 g/mol. The number of rotatable bonds is 9. The molecule has 18 nitrogen and oxygen atoms in total. The van der Waals surface area contributed by atoms with Gasteiger partial charge in [-0.2, -0.15) is 10.2 Å². The molecule has 0 bridgehead atoms. The van der Waals surface area contributed by atoms with Crippen LogP contribution >= 0.6 is 15.9 Å². The number of aromatic nitrogens is 6. The van der Waals surface area contributed by atoms with Gasteiger partial charge in [-0.1, -0.05) is 24.3 Å². The van der Waals surface area contributed by atoms with Crippen molar-refractivity contribution in [3.05, 3.63) is 184 Å². The third-order valence-electron chi connectivity index (χ3n) is 9.32. The van der Waals surface area contributed by atoms with Gasteiger partial charge in [-0.15, -0.1) is 0 Å². The molecule has 4 amide bonds. The number of carbonyl (C=O) groups is 4. The summed E-state index contributed by atoms with van der Waals surface area (Å²) in [5.41, 5.74) is 16.2. The van der Waals surface area contributed by atoms with E-state index in [4.69, 9.17) is 29.6 Å². The third-order valence-corrected chi connectivity index (χ3v) is 9.93. The number of anilines is 2. The first kappa shape index (κ1) is 44.8. The maximum atomic E-state index is 13.0. The van der Waals surface area contributed by atoms with Gasteiger partial charge in [0.05, 0.1) is 41.0 Å². The smallest absolute Gasteiger partial charge is 0.537 e. The van der Waals surface area contributed by atoms with Crippen LogP contribution in [0, 0.1) is 13.1 Å². The molecule has 64 heavy (non-hydrogen) atoms. The van der Waals surface area contributed by atoms with Gasteiger partial charge in [0.2, 0.25) is 23.2 Å². The fraction of sp³-hybridized carbons (Fsp3) is 0.0455. The lowest BCUT2D eigenvalue weighted by Gasteiger charge is -2.16. The highest BCUT2D eigenvalue weighted by Gasteiger charge is 2.18. The summed E-state index contributed by atoms with van der Waals surface area (Å²) in [5, 5.41) is 16.7. The summed E-state index contributed by atoms with van der Waals surface area (Å²) in [5.74, 6) is -0.0178. The molecule has 0 saturated heterocycles. The topological polar surface area (TPSA) is 225 Å². The molecule has 20 heteroatoms. The number of halogens is 1. The van der Waals surface area contributed by atoms with Crippen LogP contribution in [0.25, 0.3) is 31.9 Å². The Morgan fingerprint density at radius 3 is 1.58 bits per heavy atom. The molecule has 6 heterocycles. The van der Waals surface area contributed by atoms with Crippen LogP contribution in [0.3, 0.4) is 0 Å². The molecule has 5 N–H and O–H groups in total. The second kappa shape index (κ2) is 20.2. The quantitative estimate of drug-likeness (QED) is 0.108. The Morgan fingerprint density at radius 1 is 0.656 bits per heavy atom. The molecule has 8 rings (SSSR count). The van der Waals surface area contributed by atoms with Crippen molar-refractivity contribution in [2.75, 3.05) is 23.9 Å². The second-order valence-corrected chi connectivity index (χ2v) is 14.2. The van der Waals surface area contributed by atoms with Crippen molar-refractivity contribution < 1.29 is 28.9 Å². The van der Waals surface area contributed by atoms with Gasteiger partial charge in [0.15, 0.2) is 0 Å². The molecule has 0 unspecified atom stereocenters. The number of carbonyl (C=O) groups excluding carboxylic acids is 4. The van der Waals surface area contributed by atoms with Crippen LogP contribution in [-0.2, 0) is 0 Å². The number of primary amides is 2. The summed E-state index contributed by atoms with van der Waals surface area (Å²) >= 11 is 3.40. The SMILES string of the molecule is NC(=O)c1ccc(O[B]O)cc1.[C-]#[N+]c1ccc(N(C)C(=O)c2ccn3ncc(-c4ccc(C(N)=O)cc4)c3c2)nc1.[C-]#[N+]c1ccc(N(C)C(=O)c2ccn3ncc(Br)c3c2)nc1. The molecule has 2 aromatic carbocycles. The molecule has 0 aliphatic heterocycles. The zero-order valence-electron chi connectivity index (χ0n) is 33.8. The van der Waals surface area contributed by atoms with Crippen molar-refractivity contribution in [1.82, 2.24) is 29.2 Å². The first-order valence-electron chi connectivity index (χ1n) is 18.6. The van der Waals surface area contributed by atoms with Crippen LogP contribution in [0.15, 0.2) is 139 Å². The van der Waals surface area contributed by atoms with Gasteiger partial charge in [-0.25, -0.2) is 18.7 Å². The molecule has 0 atom stereocenters. The van der Waals surface area contributed by atoms with E-state index in [2.05, 4.69) is 50.4 Å². The predicted octanol–water partition coefficient (Wildman–Crippen LogP) is 6.33. The molecule has 6 aromatic heterocycles. The summed E-state index contributed by atoms with van der Waals surface area (Å²) in [7, 11) is 3.85. The lowest BCUT2D eigenvalue weighted by atomic mass is 10.0. The molecular weight excluding hydrogens is 883 g/mol. The van der Waals surface area contributed by atoms with Crippen LogP contribution in [0.5, 0.6) is 5.75 Å². The number of hydrogen-bond acceptors (Lipinski definition) is 10. The minimum atomic E-state index is -0.491. The molecule has 1 radical (unpaired) electrons. The number of amides is 4. The van der Waals surface area contributed by atoms with Crippen molar-refractivity contribution in [1.29, 1.82) is 0 Å². The molecule has 0 fully saturated rings. The van der Waals surface area contributed by atoms with E-state index in [1.54, 1.807) is 121 Å². The van der Waals surface area contributed by atoms with Crippen LogP contribution < -0.4 is 25.9 Å². The van der Waals surface area contributed by atoms with Gasteiger partial charge in [0, 0.05) is 66.7 Å². The van der Waals surface area contributed by atoms with E-state index in [0.29, 0.717) is 58.7 Å². The second-order valence-electron chi connectivity index (χ2n) is 13.3. The highest BCUT2D eigenvalue weighted by Crippen LogP contribution is 2.27. The first-order chi connectivity index (χ1) is 30.8. The normalized spacial score (nSPS) is 10.2. The van der Waals surface area contributed by atoms with Crippen LogP contribution in [-0.4, -0.2) is 79.6 Å². The molecule has 8 aromatic rings. The molecule has 0 aliphatic rings. The third kappa shape index (κ3) is 10.4. The lowest BCUT2D eigenvalue weighted by molar-refractivity contribution is 0.0984. The van der Waals surface area contributed by atoms with E-state index in [1.165, 1.54) is 46.5 Å². The molecule has 0 spiro atoms. The standard InChI is InChI=1S/C22H16N6O2.C15H10BrN5O.C7H7BNO3/c1-24-17-7-8-20(25-12-17)27(2)22(30)16-9-10-28-19(11-16)18(13-26-28)14-3-5-15(6-4-14)21(23)29;1-17-11-3-4-14(18-8-11)20(2)15(22)10-5-6-21-13(7-10)12(16)9-19-21;9-7(10)5-1-3-6(4-2-5)12-8-11/h3-13H,2H3,(H2,23,29);3-9H,2H3;1-4,11H,(H2,9,10). The van der Waals surface area contributed by atoms with Gasteiger partial charge in [0.1, 0.15) is 17.4 Å². The van der Waals surface area contributed by atoms with Crippen molar-refractivity contribution >= 4 is 81.3 Å². The number of fused-ring (bicyclic) bond motifs is 2. The molecule has 0 aliphatic carbocycles. The van der Waals surface area contributed by atoms with Crippen molar-refractivity contribution in [3.63, 3.8) is 0 Å². The molecular formula is C44H33BBrN12O6. The van der Waals surface area contributed by atoms with Gasteiger partial charge < -0.3 is 21.1 Å². The van der Waals surface area contributed by atoms with Gasteiger partial charge >= 0.3 is 7.69 Å². The Hall–Kier alpha value is -8.72. The highest BCUT2D eigenvalue weighted by atomic mass is 79.9. The highest BCUT2D eigenvalue weighted by molar-refractivity contribution is 9.10. The Labute approximate surface area is 374 Å². The number of pyridine rings is 4. The summed E-state index contributed by atoms with van der Waals surface area (Å²) in [4.78, 5) is 65.2. The van der Waals surface area contributed by atoms with Crippen LogP contribution in [0.4, 0.5) is 23.0 Å². The number of hydrogen-bond donors (Lipinski definition) is 3. The van der Waals surface area contributed by atoms with E-state index < -0.39 is 11.8 Å². The van der Waals surface area contributed by atoms with Gasteiger partial charge in [-0.3, -0.25) is 38.9 Å². The van der Waals surface area contributed by atoms with E-state index in [0.717, 1.165) is 26.6 Å². The largest absolute Gasteiger partial charge is 0.569 e. The number of benzene rings is 2. The predicted molar refractivity (Wildman–Crippen MR) is 242 cm³/mol. The van der Waals surface area contributed by atoms with Crippen LogP contribution in [0.1, 0.15) is 41.4 Å². The van der Waals surface area contributed by atoms with Gasteiger partial charge in [-0.05, 0) is 94.3 Å². The number of nitrogens with zero attached hydrogens (tertiary/aromatic N) is 10. The summed E-state index contributed by atoms with van der Waals surface area (Å²) in [6, 6.07) is 26.5. The fourth-order valence-corrected chi connectivity index (χ4v) is 6.26. The minimum absolute atomic E-state index is 0.182. The Balaban J connectivity index is 0.000000175. The first-order valence-corrected chi connectivity index (χ1v) is 19.4. The van der Waals surface area contributed by atoms with E-state index in [1.807, 2.05) is 0 Å². The van der Waals surface area contributed by atoms with Gasteiger partial charge in [0.25, 0.3) is 11.8 Å².